The van der Waals surface area contributed by atoms with E-state index in [0.717, 1.165) is 36.8 Å². The predicted octanol–water partition coefficient (Wildman–Crippen LogP) is 2.28. The summed E-state index contributed by atoms with van der Waals surface area (Å²) >= 11 is 0. The third kappa shape index (κ3) is 5.04. The standard InChI is InChI=1S/C17H26N2O3S/c1-13-8-9-16(12-14(13)2)23(21,22)19-11-10-18-17(20)15-6-4-3-5-7-15/h8-9,12,15,19H,3-7,10-11H2,1-2H3,(H,18,20). The molecule has 2 N–H and O–H groups in total. The highest BCUT2D eigenvalue weighted by Gasteiger charge is 2.20. The summed E-state index contributed by atoms with van der Waals surface area (Å²) in [6, 6.07) is 5.07. The first-order valence-electron chi connectivity index (χ1n) is 8.25. The smallest absolute Gasteiger partial charge is 0.240 e. The Morgan fingerprint density at radius 3 is 2.43 bits per heavy atom. The molecule has 1 fully saturated rings. The first-order valence-corrected chi connectivity index (χ1v) is 9.73. The summed E-state index contributed by atoms with van der Waals surface area (Å²) in [6.07, 6.45) is 5.31. The summed E-state index contributed by atoms with van der Waals surface area (Å²) in [5, 5.41) is 2.83. The van der Waals surface area contributed by atoms with Gasteiger partial charge in [-0.25, -0.2) is 13.1 Å². The van der Waals surface area contributed by atoms with Gasteiger partial charge in [0.25, 0.3) is 0 Å². The van der Waals surface area contributed by atoms with Crippen LogP contribution in [0.4, 0.5) is 0 Å². The van der Waals surface area contributed by atoms with Gasteiger partial charge in [-0.2, -0.15) is 0 Å². The van der Waals surface area contributed by atoms with Crippen LogP contribution in [0.5, 0.6) is 0 Å². The molecular weight excluding hydrogens is 312 g/mol. The molecule has 128 valence electrons. The highest BCUT2D eigenvalue weighted by Crippen LogP contribution is 2.23. The maximum atomic E-state index is 12.2. The minimum atomic E-state index is -3.52. The van der Waals surface area contributed by atoms with Crippen LogP contribution in [0.2, 0.25) is 0 Å². The van der Waals surface area contributed by atoms with Crippen molar-refractivity contribution in [2.45, 2.75) is 50.8 Å². The lowest BCUT2D eigenvalue weighted by Gasteiger charge is -2.20. The summed E-state index contributed by atoms with van der Waals surface area (Å²) in [5.41, 5.74) is 2.00. The van der Waals surface area contributed by atoms with Gasteiger partial charge in [-0.05, 0) is 49.9 Å². The Hall–Kier alpha value is -1.40. The van der Waals surface area contributed by atoms with Crippen LogP contribution >= 0.6 is 0 Å². The Morgan fingerprint density at radius 2 is 1.78 bits per heavy atom. The van der Waals surface area contributed by atoms with Crippen LogP contribution in [0.15, 0.2) is 23.1 Å². The van der Waals surface area contributed by atoms with Crippen LogP contribution in [0.1, 0.15) is 43.2 Å². The summed E-state index contributed by atoms with van der Waals surface area (Å²) in [4.78, 5) is 12.2. The van der Waals surface area contributed by atoms with Gasteiger partial charge in [-0.1, -0.05) is 25.3 Å². The number of carbonyl (C=O) groups is 1. The maximum absolute atomic E-state index is 12.2. The number of hydrogen-bond donors (Lipinski definition) is 2. The lowest BCUT2D eigenvalue weighted by Crippen LogP contribution is -2.38. The fourth-order valence-corrected chi connectivity index (χ4v) is 3.96. The molecule has 0 spiro atoms. The van der Waals surface area contributed by atoms with E-state index in [1.807, 2.05) is 13.8 Å². The first-order chi connectivity index (χ1) is 10.9. The van der Waals surface area contributed by atoms with Crippen LogP contribution < -0.4 is 10.0 Å². The Balaban J connectivity index is 1.80. The highest BCUT2D eigenvalue weighted by molar-refractivity contribution is 7.89. The van der Waals surface area contributed by atoms with Crippen molar-refractivity contribution >= 4 is 15.9 Å². The van der Waals surface area contributed by atoms with Crippen molar-refractivity contribution in [3.63, 3.8) is 0 Å². The van der Waals surface area contributed by atoms with Crippen molar-refractivity contribution in [1.29, 1.82) is 0 Å². The quantitative estimate of drug-likeness (QED) is 0.781. The molecule has 0 radical (unpaired) electrons. The van der Waals surface area contributed by atoms with Crippen LogP contribution in [0.25, 0.3) is 0 Å². The van der Waals surface area contributed by atoms with Crippen LogP contribution in [0.3, 0.4) is 0 Å². The zero-order chi connectivity index (χ0) is 16.9. The minimum Gasteiger partial charge on any atom is -0.355 e. The Kier molecular flexibility index (Phi) is 6.18. The lowest BCUT2D eigenvalue weighted by molar-refractivity contribution is -0.125. The second-order valence-corrected chi connectivity index (χ2v) is 8.04. The van der Waals surface area contributed by atoms with Crippen molar-refractivity contribution in [3.05, 3.63) is 29.3 Å². The van der Waals surface area contributed by atoms with E-state index in [1.165, 1.54) is 6.42 Å². The molecule has 0 bridgehead atoms. The number of aryl methyl sites for hydroxylation is 2. The molecule has 0 atom stereocenters. The highest BCUT2D eigenvalue weighted by atomic mass is 32.2. The molecule has 23 heavy (non-hydrogen) atoms. The number of sulfonamides is 1. The molecule has 0 unspecified atom stereocenters. The van der Waals surface area contributed by atoms with E-state index in [4.69, 9.17) is 0 Å². The van der Waals surface area contributed by atoms with Gasteiger partial charge in [-0.3, -0.25) is 4.79 Å². The van der Waals surface area contributed by atoms with Gasteiger partial charge < -0.3 is 5.32 Å². The summed E-state index contributed by atoms with van der Waals surface area (Å²) < 4.78 is 27.0. The average molecular weight is 338 g/mol. The second kappa shape index (κ2) is 7.93. The SMILES string of the molecule is Cc1ccc(S(=O)(=O)NCCNC(=O)C2CCCCC2)cc1C. The second-order valence-electron chi connectivity index (χ2n) is 6.27. The van der Waals surface area contributed by atoms with Gasteiger partial charge in [-0.15, -0.1) is 0 Å². The molecule has 1 amide bonds. The van der Waals surface area contributed by atoms with E-state index in [2.05, 4.69) is 10.0 Å². The first kappa shape index (κ1) is 17.9. The van der Waals surface area contributed by atoms with E-state index in [1.54, 1.807) is 18.2 Å². The normalized spacial score (nSPS) is 16.3. The van der Waals surface area contributed by atoms with Gasteiger partial charge in [0.1, 0.15) is 0 Å². The van der Waals surface area contributed by atoms with Crippen molar-refractivity contribution in [2.24, 2.45) is 5.92 Å². The summed E-state index contributed by atoms with van der Waals surface area (Å²) in [6.45, 7) is 4.35. The molecule has 6 heteroatoms. The minimum absolute atomic E-state index is 0.0510. The summed E-state index contributed by atoms with van der Waals surface area (Å²) in [5.74, 6) is 0.148. The molecule has 1 aliphatic carbocycles. The zero-order valence-electron chi connectivity index (χ0n) is 13.9. The molecule has 0 heterocycles. The zero-order valence-corrected chi connectivity index (χ0v) is 14.7. The lowest BCUT2D eigenvalue weighted by atomic mass is 9.89. The summed E-state index contributed by atoms with van der Waals surface area (Å²) in [7, 11) is -3.52. The molecule has 0 aromatic heterocycles. The third-order valence-corrected chi connectivity index (χ3v) is 5.94. The molecule has 1 saturated carbocycles. The van der Waals surface area contributed by atoms with Gasteiger partial charge in [0.2, 0.25) is 15.9 Å². The van der Waals surface area contributed by atoms with Gasteiger partial charge in [0, 0.05) is 19.0 Å². The Morgan fingerprint density at radius 1 is 1.09 bits per heavy atom. The number of rotatable bonds is 6. The van der Waals surface area contributed by atoms with Crippen molar-refractivity contribution < 1.29 is 13.2 Å². The van der Waals surface area contributed by atoms with Gasteiger partial charge in [0.05, 0.1) is 4.90 Å². The predicted molar refractivity (Wildman–Crippen MR) is 90.7 cm³/mol. The van der Waals surface area contributed by atoms with Crippen molar-refractivity contribution in [3.8, 4) is 0 Å². The van der Waals surface area contributed by atoms with Crippen molar-refractivity contribution in [1.82, 2.24) is 10.0 Å². The molecule has 0 saturated heterocycles. The van der Waals surface area contributed by atoms with E-state index in [9.17, 15) is 13.2 Å². The van der Waals surface area contributed by atoms with Gasteiger partial charge in [0.15, 0.2) is 0 Å². The molecule has 1 aromatic carbocycles. The number of carbonyl (C=O) groups excluding carboxylic acids is 1. The maximum Gasteiger partial charge on any atom is 0.240 e. The monoisotopic (exact) mass is 338 g/mol. The number of nitrogens with one attached hydrogen (secondary N) is 2. The number of benzene rings is 1. The fraction of sp³-hybridized carbons (Fsp3) is 0.588. The number of amides is 1. The van der Waals surface area contributed by atoms with Crippen LogP contribution in [-0.4, -0.2) is 27.4 Å². The molecule has 2 rings (SSSR count). The molecule has 0 aliphatic heterocycles. The van der Waals surface area contributed by atoms with E-state index >= 15 is 0 Å². The van der Waals surface area contributed by atoms with Crippen LogP contribution in [0, 0.1) is 19.8 Å². The Labute approximate surface area is 138 Å². The topological polar surface area (TPSA) is 75.3 Å². The average Bonchev–Trinajstić information content (AvgIpc) is 2.54. The largest absolute Gasteiger partial charge is 0.355 e. The van der Waals surface area contributed by atoms with Gasteiger partial charge >= 0.3 is 0 Å². The molecule has 1 aromatic rings. The fourth-order valence-electron chi connectivity index (χ4n) is 2.84. The third-order valence-electron chi connectivity index (χ3n) is 4.48. The Bertz CT molecular complexity index is 650. The van der Waals surface area contributed by atoms with E-state index in [-0.39, 0.29) is 23.3 Å². The molecule has 5 nitrogen and oxygen atoms in total. The van der Waals surface area contributed by atoms with Crippen LogP contribution in [-0.2, 0) is 14.8 Å². The molecule has 1 aliphatic rings. The molecular formula is C17H26N2O3S. The van der Waals surface area contributed by atoms with E-state index < -0.39 is 10.0 Å². The van der Waals surface area contributed by atoms with Crippen molar-refractivity contribution in [2.75, 3.05) is 13.1 Å². The number of hydrogen-bond acceptors (Lipinski definition) is 3. The van der Waals surface area contributed by atoms with E-state index in [0.29, 0.717) is 6.54 Å².